The fourth-order valence-corrected chi connectivity index (χ4v) is 4.72. The second-order valence-corrected chi connectivity index (χ2v) is 8.88. The summed E-state index contributed by atoms with van der Waals surface area (Å²) in [5, 5.41) is 13.0. The average molecular weight is 494 g/mol. The molecule has 0 spiro atoms. The lowest BCUT2D eigenvalue weighted by Crippen LogP contribution is -2.33. The van der Waals surface area contributed by atoms with Gasteiger partial charge >= 0.3 is 0 Å². The molecule has 8 heteroatoms. The monoisotopic (exact) mass is 493 g/mol. The number of Topliss-reactive ketones (excluding diaryl/α,β-unsaturated/α-hetero) is 1. The molecule has 0 saturated carbocycles. The van der Waals surface area contributed by atoms with Crippen LogP contribution >= 0.6 is 11.3 Å². The number of aliphatic hydroxyl groups is 1. The van der Waals surface area contributed by atoms with Crippen LogP contribution in [0.25, 0.3) is 5.76 Å². The first-order chi connectivity index (χ1) is 17.0. The van der Waals surface area contributed by atoms with Gasteiger partial charge in [-0.15, -0.1) is 11.3 Å². The van der Waals surface area contributed by atoms with Crippen LogP contribution in [0.4, 0.5) is 0 Å². The molecule has 4 rings (SSSR count). The van der Waals surface area contributed by atoms with Gasteiger partial charge in [0, 0.05) is 10.4 Å². The second-order valence-electron chi connectivity index (χ2n) is 7.90. The molecule has 1 aliphatic heterocycles. The number of amides is 1. The van der Waals surface area contributed by atoms with E-state index in [2.05, 4.69) is 0 Å². The van der Waals surface area contributed by atoms with E-state index in [1.807, 2.05) is 24.4 Å². The van der Waals surface area contributed by atoms with Crippen molar-refractivity contribution in [3.63, 3.8) is 0 Å². The van der Waals surface area contributed by atoms with Crippen molar-refractivity contribution < 1.29 is 28.9 Å². The Kier molecular flexibility index (Phi) is 7.72. The van der Waals surface area contributed by atoms with E-state index >= 15 is 0 Å². The van der Waals surface area contributed by atoms with Gasteiger partial charge in [0.25, 0.3) is 11.7 Å². The van der Waals surface area contributed by atoms with Crippen LogP contribution in [-0.4, -0.2) is 48.6 Å². The first kappa shape index (κ1) is 24.3. The number of methoxy groups -OCH3 is 1. The number of ether oxygens (including phenoxy) is 3. The van der Waals surface area contributed by atoms with Crippen LogP contribution in [0.15, 0.2) is 71.6 Å². The minimum absolute atomic E-state index is 0.0733. The molecule has 0 aliphatic carbocycles. The molecule has 1 atom stereocenters. The number of hydrogen-bond donors (Lipinski definition) is 1. The van der Waals surface area contributed by atoms with Crippen LogP contribution in [0.3, 0.4) is 0 Å². The van der Waals surface area contributed by atoms with Crippen LogP contribution in [0.5, 0.6) is 17.2 Å². The largest absolute Gasteiger partial charge is 0.507 e. The molecule has 1 fully saturated rings. The van der Waals surface area contributed by atoms with E-state index in [-0.39, 0.29) is 24.5 Å². The summed E-state index contributed by atoms with van der Waals surface area (Å²) in [6.07, 6.45) is 0.883. The number of ketones is 1. The molecule has 35 heavy (non-hydrogen) atoms. The molecule has 1 N–H and O–H groups in total. The Labute approximate surface area is 208 Å². The first-order valence-electron chi connectivity index (χ1n) is 11.4. The number of benzene rings is 2. The van der Waals surface area contributed by atoms with Crippen LogP contribution in [-0.2, 0) is 9.59 Å². The highest BCUT2D eigenvalue weighted by Crippen LogP contribution is 2.41. The summed E-state index contributed by atoms with van der Waals surface area (Å²) >= 11 is 1.42. The molecule has 1 unspecified atom stereocenters. The lowest BCUT2D eigenvalue weighted by atomic mass is 10.00. The average Bonchev–Trinajstić information content (AvgIpc) is 3.50. The van der Waals surface area contributed by atoms with Gasteiger partial charge in [-0.3, -0.25) is 9.59 Å². The van der Waals surface area contributed by atoms with Gasteiger partial charge in [0.05, 0.1) is 31.9 Å². The first-order valence-corrected chi connectivity index (χ1v) is 12.2. The number of thiophene rings is 1. The van der Waals surface area contributed by atoms with E-state index in [0.29, 0.717) is 29.4 Å². The molecule has 2 aromatic carbocycles. The zero-order valence-electron chi connectivity index (χ0n) is 19.6. The van der Waals surface area contributed by atoms with Crippen molar-refractivity contribution in [2.75, 3.05) is 26.9 Å². The summed E-state index contributed by atoms with van der Waals surface area (Å²) in [7, 11) is 1.59. The van der Waals surface area contributed by atoms with Gasteiger partial charge in [0.1, 0.15) is 29.6 Å². The third-order valence-corrected chi connectivity index (χ3v) is 6.54. The normalized spacial score (nSPS) is 17.0. The van der Waals surface area contributed by atoms with Crippen molar-refractivity contribution in [1.29, 1.82) is 0 Å². The van der Waals surface area contributed by atoms with Gasteiger partial charge in [0.15, 0.2) is 0 Å². The van der Waals surface area contributed by atoms with Crippen LogP contribution in [0, 0.1) is 0 Å². The molecular weight excluding hydrogens is 466 g/mol. The highest BCUT2D eigenvalue weighted by atomic mass is 32.1. The summed E-state index contributed by atoms with van der Waals surface area (Å²) in [6, 6.07) is 17.0. The van der Waals surface area contributed by atoms with Gasteiger partial charge in [0.2, 0.25) is 0 Å². The van der Waals surface area contributed by atoms with E-state index < -0.39 is 17.7 Å². The van der Waals surface area contributed by atoms with Gasteiger partial charge in [-0.2, -0.15) is 0 Å². The van der Waals surface area contributed by atoms with E-state index in [1.54, 1.807) is 55.6 Å². The smallest absolute Gasteiger partial charge is 0.295 e. The highest BCUT2D eigenvalue weighted by molar-refractivity contribution is 7.10. The summed E-state index contributed by atoms with van der Waals surface area (Å²) in [5.74, 6) is 0.436. The van der Waals surface area contributed by atoms with Crippen molar-refractivity contribution in [2.45, 2.75) is 19.4 Å². The molecule has 7 nitrogen and oxygen atoms in total. The number of carbonyl (C=O) groups excluding carboxylic acids is 2. The van der Waals surface area contributed by atoms with Crippen molar-refractivity contribution in [1.82, 2.24) is 4.90 Å². The summed E-state index contributed by atoms with van der Waals surface area (Å²) in [6.45, 7) is 2.98. The Morgan fingerprint density at radius 1 is 0.943 bits per heavy atom. The van der Waals surface area contributed by atoms with E-state index in [9.17, 15) is 14.7 Å². The molecule has 0 bridgehead atoms. The maximum absolute atomic E-state index is 13.1. The molecule has 182 valence electrons. The highest BCUT2D eigenvalue weighted by Gasteiger charge is 2.46. The van der Waals surface area contributed by atoms with Crippen molar-refractivity contribution in [2.24, 2.45) is 0 Å². The van der Waals surface area contributed by atoms with Crippen LogP contribution in [0.2, 0.25) is 0 Å². The SMILES string of the molecule is CCCOc1ccc(/C(O)=C2/C(=O)C(=O)N(CCOc3ccc(OC)cc3)C2c2cccs2)cc1. The number of nitrogens with zero attached hydrogens (tertiary/aromatic N) is 1. The third kappa shape index (κ3) is 5.33. The number of rotatable bonds is 10. The maximum Gasteiger partial charge on any atom is 0.295 e. The second kappa shape index (κ2) is 11.1. The Hall–Kier alpha value is -3.78. The molecule has 1 saturated heterocycles. The lowest BCUT2D eigenvalue weighted by Gasteiger charge is -2.24. The predicted molar refractivity (Wildman–Crippen MR) is 134 cm³/mol. The number of aliphatic hydroxyl groups excluding tert-OH is 1. The minimum atomic E-state index is -0.711. The van der Waals surface area contributed by atoms with E-state index in [0.717, 1.165) is 11.3 Å². The van der Waals surface area contributed by atoms with Gasteiger partial charge in [-0.25, -0.2) is 0 Å². The summed E-state index contributed by atoms with van der Waals surface area (Å²) in [5.41, 5.74) is 0.520. The Balaban J connectivity index is 1.58. The summed E-state index contributed by atoms with van der Waals surface area (Å²) < 4.78 is 16.5. The molecule has 0 radical (unpaired) electrons. The van der Waals surface area contributed by atoms with E-state index in [1.165, 1.54) is 16.2 Å². The lowest BCUT2D eigenvalue weighted by molar-refractivity contribution is -0.140. The topological polar surface area (TPSA) is 85.3 Å². The molecule has 1 amide bonds. The number of hydrogen-bond acceptors (Lipinski definition) is 7. The summed E-state index contributed by atoms with van der Waals surface area (Å²) in [4.78, 5) is 28.3. The molecule has 1 aromatic heterocycles. The molecule has 2 heterocycles. The van der Waals surface area contributed by atoms with Crippen molar-refractivity contribution in [3.8, 4) is 17.2 Å². The van der Waals surface area contributed by atoms with Gasteiger partial charge < -0.3 is 24.2 Å². The number of carbonyl (C=O) groups is 2. The van der Waals surface area contributed by atoms with E-state index in [4.69, 9.17) is 14.2 Å². The molecule has 1 aliphatic rings. The fourth-order valence-electron chi connectivity index (χ4n) is 3.87. The number of likely N-dealkylation sites (tertiary alicyclic amines) is 1. The van der Waals surface area contributed by atoms with Crippen LogP contribution < -0.4 is 14.2 Å². The Morgan fingerprint density at radius 3 is 2.17 bits per heavy atom. The van der Waals surface area contributed by atoms with Gasteiger partial charge in [-0.05, 0) is 66.4 Å². The fraction of sp³-hybridized carbons (Fsp3) is 0.259. The standard InChI is InChI=1S/C27H27NO6S/c1-3-15-33-20-8-6-18(7-9-20)25(29)23-24(22-5-4-17-35-22)28(27(31)26(23)30)14-16-34-21-12-10-19(32-2)11-13-21/h4-13,17,24,29H,3,14-16H2,1-2H3/b25-23-. The third-order valence-electron chi connectivity index (χ3n) is 5.61. The zero-order chi connectivity index (χ0) is 24.8. The van der Waals surface area contributed by atoms with Crippen molar-refractivity contribution >= 4 is 28.8 Å². The Morgan fingerprint density at radius 2 is 1.57 bits per heavy atom. The van der Waals surface area contributed by atoms with Crippen molar-refractivity contribution in [3.05, 3.63) is 82.1 Å². The van der Waals surface area contributed by atoms with Crippen LogP contribution in [0.1, 0.15) is 29.8 Å². The Bertz CT molecular complexity index is 1190. The zero-order valence-corrected chi connectivity index (χ0v) is 20.4. The molecular formula is C27H27NO6S. The minimum Gasteiger partial charge on any atom is -0.507 e. The predicted octanol–water partition coefficient (Wildman–Crippen LogP) is 5.05. The maximum atomic E-state index is 13.1. The quantitative estimate of drug-likeness (QED) is 0.242. The van der Waals surface area contributed by atoms with Gasteiger partial charge in [-0.1, -0.05) is 13.0 Å². The molecule has 3 aromatic rings.